The Morgan fingerprint density at radius 3 is 2.23 bits per heavy atom. The Balaban J connectivity index is 0.00000441. The smallest absolute Gasteiger partial charge is 0.251 e. The second kappa shape index (κ2) is 10.6. The van der Waals surface area contributed by atoms with E-state index in [0.29, 0.717) is 31.0 Å². The molecule has 0 saturated carbocycles. The van der Waals surface area contributed by atoms with E-state index in [1.807, 2.05) is 26.0 Å². The Morgan fingerprint density at radius 1 is 1.14 bits per heavy atom. The summed E-state index contributed by atoms with van der Waals surface area (Å²) in [4.78, 5) is 23.5. The summed E-state index contributed by atoms with van der Waals surface area (Å²) in [6.07, 6.45) is 0.650. The first-order valence-corrected chi connectivity index (χ1v) is 7.76. The van der Waals surface area contributed by atoms with Crippen LogP contribution in [0, 0.1) is 5.92 Å². The number of carbonyl (C=O) groups excluding carboxylic acids is 2. The summed E-state index contributed by atoms with van der Waals surface area (Å²) in [5.41, 5.74) is 6.35. The topological polar surface area (TPSA) is 84.2 Å². The van der Waals surface area contributed by atoms with Gasteiger partial charge in [-0.2, -0.15) is 0 Å². The average molecular weight is 393 g/mol. The molecule has 0 saturated heterocycles. The number of halogens is 2. The van der Waals surface area contributed by atoms with E-state index in [0.717, 1.165) is 4.47 Å². The van der Waals surface area contributed by atoms with Gasteiger partial charge in [0.05, 0.1) is 6.04 Å². The van der Waals surface area contributed by atoms with Crippen LogP contribution in [0.25, 0.3) is 0 Å². The lowest BCUT2D eigenvalue weighted by Crippen LogP contribution is -2.44. The summed E-state index contributed by atoms with van der Waals surface area (Å²) < 4.78 is 0.922. The molecule has 22 heavy (non-hydrogen) atoms. The molecule has 1 aromatic rings. The highest BCUT2D eigenvalue weighted by Crippen LogP contribution is 2.10. The Hall–Kier alpha value is -1.11. The van der Waals surface area contributed by atoms with Gasteiger partial charge in [-0.25, -0.2) is 0 Å². The fraction of sp³-hybridized carbons (Fsp3) is 0.467. The molecule has 124 valence electrons. The predicted octanol–water partition coefficient (Wildman–Crippen LogP) is 2.09. The molecule has 0 aliphatic carbocycles. The molecule has 0 aliphatic heterocycles. The van der Waals surface area contributed by atoms with E-state index in [2.05, 4.69) is 26.6 Å². The molecule has 0 radical (unpaired) electrons. The van der Waals surface area contributed by atoms with Crippen LogP contribution in [0.1, 0.15) is 30.6 Å². The van der Waals surface area contributed by atoms with Gasteiger partial charge in [-0.1, -0.05) is 29.8 Å². The molecule has 7 heteroatoms. The zero-order chi connectivity index (χ0) is 15.8. The molecule has 0 fully saturated rings. The zero-order valence-electron chi connectivity index (χ0n) is 12.8. The zero-order valence-corrected chi connectivity index (χ0v) is 15.2. The Bertz CT molecular complexity index is 480. The number of nitrogens with two attached hydrogens (primary N) is 1. The average Bonchev–Trinajstić information content (AvgIpc) is 2.43. The van der Waals surface area contributed by atoms with Crippen LogP contribution in [0.5, 0.6) is 0 Å². The third-order valence-corrected chi connectivity index (χ3v) is 3.41. The van der Waals surface area contributed by atoms with E-state index in [9.17, 15) is 9.59 Å². The number of nitrogens with one attached hydrogen (secondary N) is 2. The Morgan fingerprint density at radius 2 is 1.68 bits per heavy atom. The van der Waals surface area contributed by atoms with Gasteiger partial charge in [0, 0.05) is 23.1 Å². The molecule has 1 atom stereocenters. The molecule has 0 heterocycles. The van der Waals surface area contributed by atoms with Crippen molar-refractivity contribution in [2.24, 2.45) is 11.7 Å². The van der Waals surface area contributed by atoms with E-state index >= 15 is 0 Å². The molecule has 4 N–H and O–H groups in total. The highest BCUT2D eigenvalue weighted by atomic mass is 79.9. The van der Waals surface area contributed by atoms with E-state index < -0.39 is 6.04 Å². The summed E-state index contributed by atoms with van der Waals surface area (Å²) in [5, 5.41) is 5.46. The highest BCUT2D eigenvalue weighted by Gasteiger charge is 2.14. The van der Waals surface area contributed by atoms with Gasteiger partial charge in [-0.3, -0.25) is 9.59 Å². The van der Waals surface area contributed by atoms with Gasteiger partial charge >= 0.3 is 0 Å². The van der Waals surface area contributed by atoms with Crippen LogP contribution in [0.15, 0.2) is 28.7 Å². The maximum absolute atomic E-state index is 11.8. The maximum Gasteiger partial charge on any atom is 0.251 e. The van der Waals surface area contributed by atoms with Crippen molar-refractivity contribution in [1.29, 1.82) is 0 Å². The number of rotatable bonds is 7. The van der Waals surface area contributed by atoms with Crippen molar-refractivity contribution in [1.82, 2.24) is 10.6 Å². The van der Waals surface area contributed by atoms with Gasteiger partial charge in [0.1, 0.15) is 0 Å². The second-order valence-corrected chi connectivity index (χ2v) is 6.21. The minimum atomic E-state index is -0.493. The van der Waals surface area contributed by atoms with Gasteiger partial charge < -0.3 is 16.4 Å². The van der Waals surface area contributed by atoms with Crippen LogP contribution in [-0.2, 0) is 4.79 Å². The summed E-state index contributed by atoms with van der Waals surface area (Å²) in [6.45, 7) is 4.78. The third kappa shape index (κ3) is 7.77. The van der Waals surface area contributed by atoms with Crippen LogP contribution in [0.4, 0.5) is 0 Å². The van der Waals surface area contributed by atoms with Crippen LogP contribution < -0.4 is 16.4 Å². The van der Waals surface area contributed by atoms with Gasteiger partial charge in [0.2, 0.25) is 5.91 Å². The number of hydrogen-bond acceptors (Lipinski definition) is 3. The van der Waals surface area contributed by atoms with E-state index in [1.54, 1.807) is 12.1 Å². The van der Waals surface area contributed by atoms with Crippen molar-refractivity contribution in [2.75, 3.05) is 13.1 Å². The minimum Gasteiger partial charge on any atom is -0.353 e. The van der Waals surface area contributed by atoms with Crippen LogP contribution in [-0.4, -0.2) is 30.9 Å². The molecule has 5 nitrogen and oxygen atoms in total. The van der Waals surface area contributed by atoms with Gasteiger partial charge in [-0.15, -0.1) is 12.4 Å². The van der Waals surface area contributed by atoms with E-state index in [4.69, 9.17) is 5.73 Å². The van der Waals surface area contributed by atoms with Crippen molar-refractivity contribution >= 4 is 40.2 Å². The van der Waals surface area contributed by atoms with E-state index in [1.165, 1.54) is 0 Å². The molecule has 0 unspecified atom stereocenters. The van der Waals surface area contributed by atoms with Crippen molar-refractivity contribution in [3.8, 4) is 0 Å². The number of benzene rings is 1. The molecule has 0 aromatic heterocycles. The fourth-order valence-electron chi connectivity index (χ4n) is 1.81. The van der Waals surface area contributed by atoms with Crippen LogP contribution >= 0.6 is 28.3 Å². The van der Waals surface area contributed by atoms with Gasteiger partial charge in [0.15, 0.2) is 0 Å². The number of amides is 2. The van der Waals surface area contributed by atoms with E-state index in [-0.39, 0.29) is 24.2 Å². The van der Waals surface area contributed by atoms with Crippen molar-refractivity contribution < 1.29 is 9.59 Å². The van der Waals surface area contributed by atoms with Crippen molar-refractivity contribution in [2.45, 2.75) is 26.3 Å². The number of carbonyl (C=O) groups is 2. The normalized spacial score (nSPS) is 11.5. The molecular weight excluding hydrogens is 370 g/mol. The Labute approximate surface area is 145 Å². The monoisotopic (exact) mass is 391 g/mol. The van der Waals surface area contributed by atoms with Gasteiger partial charge in [-0.05, 0) is 36.6 Å². The SMILES string of the molecule is CC(C)C[C@H](N)C(=O)NCCNC(=O)c1ccc(Br)cc1.Cl. The summed E-state index contributed by atoms with van der Waals surface area (Å²) in [6, 6.07) is 6.59. The quantitative estimate of drug-likeness (QED) is 0.621. The van der Waals surface area contributed by atoms with Crippen LogP contribution in [0.2, 0.25) is 0 Å². The summed E-state index contributed by atoms with van der Waals surface area (Å²) in [7, 11) is 0. The lowest BCUT2D eigenvalue weighted by atomic mass is 10.0. The predicted molar refractivity (Wildman–Crippen MR) is 94.2 cm³/mol. The minimum absolute atomic E-state index is 0. The first-order valence-electron chi connectivity index (χ1n) is 6.97. The lowest BCUT2D eigenvalue weighted by molar-refractivity contribution is -0.122. The first kappa shape index (κ1) is 20.9. The van der Waals surface area contributed by atoms with Crippen molar-refractivity contribution in [3.05, 3.63) is 34.3 Å². The molecule has 0 spiro atoms. The van der Waals surface area contributed by atoms with Crippen LogP contribution in [0.3, 0.4) is 0 Å². The molecule has 2 amide bonds. The highest BCUT2D eigenvalue weighted by molar-refractivity contribution is 9.10. The Kier molecular flexibility index (Phi) is 10.1. The standard InChI is InChI=1S/C15H22BrN3O2.ClH/c1-10(2)9-13(17)15(21)19-8-7-18-14(20)11-3-5-12(16)6-4-11;/h3-6,10,13H,7-9,17H2,1-2H3,(H,18,20)(H,19,21);1H/t13-;/m0./s1. The fourth-order valence-corrected chi connectivity index (χ4v) is 2.08. The first-order chi connectivity index (χ1) is 9.90. The van der Waals surface area contributed by atoms with Gasteiger partial charge in [0.25, 0.3) is 5.91 Å². The molecule has 0 aliphatic rings. The lowest BCUT2D eigenvalue weighted by Gasteiger charge is -2.14. The number of hydrogen-bond donors (Lipinski definition) is 3. The van der Waals surface area contributed by atoms with Crippen molar-refractivity contribution in [3.63, 3.8) is 0 Å². The second-order valence-electron chi connectivity index (χ2n) is 5.29. The third-order valence-electron chi connectivity index (χ3n) is 2.88. The molecule has 0 bridgehead atoms. The molecular formula is C15H23BrClN3O2. The maximum atomic E-state index is 11.8. The molecule has 1 aromatic carbocycles. The largest absolute Gasteiger partial charge is 0.353 e. The molecule has 1 rings (SSSR count). The summed E-state index contributed by atoms with van der Waals surface area (Å²) >= 11 is 3.31. The summed E-state index contributed by atoms with van der Waals surface area (Å²) in [5.74, 6) is 0.0349.